The first-order valence-electron chi connectivity index (χ1n) is 7.60. The van der Waals surface area contributed by atoms with Crippen molar-refractivity contribution in [2.45, 2.75) is 19.1 Å². The Morgan fingerprint density at radius 1 is 1.23 bits per heavy atom. The van der Waals surface area contributed by atoms with E-state index < -0.39 is 6.10 Å². The number of hydrogen-bond acceptors (Lipinski definition) is 3. The first-order valence-corrected chi connectivity index (χ1v) is 7.60. The maximum atomic E-state index is 12.9. The van der Waals surface area contributed by atoms with Crippen molar-refractivity contribution in [2.24, 2.45) is 0 Å². The molecule has 2 aromatic rings. The Hall–Kier alpha value is -1.91. The van der Waals surface area contributed by atoms with E-state index in [-0.39, 0.29) is 5.82 Å². The highest BCUT2D eigenvalue weighted by Crippen LogP contribution is 2.27. The molecule has 0 bridgehead atoms. The van der Waals surface area contributed by atoms with E-state index >= 15 is 0 Å². The maximum absolute atomic E-state index is 12.9. The largest absolute Gasteiger partial charge is 0.387 e. The van der Waals surface area contributed by atoms with Gasteiger partial charge in [0.1, 0.15) is 5.82 Å². The summed E-state index contributed by atoms with van der Waals surface area (Å²) in [5.74, 6) is -0.285. The molecule has 22 heavy (non-hydrogen) atoms. The van der Waals surface area contributed by atoms with Crippen LogP contribution in [0.1, 0.15) is 22.8 Å². The molecule has 0 aromatic heterocycles. The summed E-state index contributed by atoms with van der Waals surface area (Å²) >= 11 is 0. The normalized spacial score (nSPS) is 15.0. The van der Waals surface area contributed by atoms with Gasteiger partial charge in [0.25, 0.3) is 0 Å². The van der Waals surface area contributed by atoms with Gasteiger partial charge in [0.2, 0.25) is 0 Å². The SMILES string of the molecule is CN1CCc2cc(CNCC(O)c3ccc(F)cc3)ccc21. The van der Waals surface area contributed by atoms with Crippen molar-refractivity contribution in [3.8, 4) is 0 Å². The number of halogens is 1. The highest BCUT2D eigenvalue weighted by atomic mass is 19.1. The van der Waals surface area contributed by atoms with Crippen molar-refractivity contribution in [3.05, 3.63) is 65.0 Å². The van der Waals surface area contributed by atoms with Gasteiger partial charge in [0.05, 0.1) is 6.10 Å². The molecule has 2 N–H and O–H groups in total. The average molecular weight is 300 g/mol. The standard InChI is InChI=1S/C18H21FN2O/c1-21-9-8-15-10-13(2-7-17(15)21)11-20-12-18(22)14-3-5-16(19)6-4-14/h2-7,10,18,20,22H,8-9,11-12H2,1H3. The zero-order valence-corrected chi connectivity index (χ0v) is 12.7. The minimum atomic E-state index is -0.624. The van der Waals surface area contributed by atoms with Crippen molar-refractivity contribution in [1.29, 1.82) is 0 Å². The van der Waals surface area contributed by atoms with Gasteiger partial charge in [-0.05, 0) is 41.3 Å². The molecule has 3 rings (SSSR count). The monoisotopic (exact) mass is 300 g/mol. The van der Waals surface area contributed by atoms with Gasteiger partial charge in [0.15, 0.2) is 0 Å². The molecule has 0 amide bonds. The molecule has 1 atom stereocenters. The zero-order chi connectivity index (χ0) is 15.5. The smallest absolute Gasteiger partial charge is 0.123 e. The fourth-order valence-corrected chi connectivity index (χ4v) is 2.89. The summed E-state index contributed by atoms with van der Waals surface area (Å²) in [5.41, 5.74) is 4.65. The molecule has 0 radical (unpaired) electrons. The summed E-state index contributed by atoms with van der Waals surface area (Å²) in [6.07, 6.45) is 0.471. The quantitative estimate of drug-likeness (QED) is 0.891. The average Bonchev–Trinajstić information content (AvgIpc) is 2.89. The molecular formula is C18H21FN2O. The number of benzene rings is 2. The minimum Gasteiger partial charge on any atom is -0.387 e. The van der Waals surface area contributed by atoms with Crippen LogP contribution in [-0.2, 0) is 13.0 Å². The van der Waals surface area contributed by atoms with E-state index in [0.29, 0.717) is 6.54 Å². The molecular weight excluding hydrogens is 279 g/mol. The summed E-state index contributed by atoms with van der Waals surface area (Å²) < 4.78 is 12.9. The number of nitrogens with one attached hydrogen (secondary N) is 1. The highest BCUT2D eigenvalue weighted by Gasteiger charge is 2.15. The van der Waals surface area contributed by atoms with E-state index in [1.807, 2.05) is 0 Å². The fraction of sp³-hybridized carbons (Fsp3) is 0.333. The maximum Gasteiger partial charge on any atom is 0.123 e. The first kappa shape index (κ1) is 15.0. The van der Waals surface area contributed by atoms with Crippen LogP contribution in [0.3, 0.4) is 0 Å². The molecule has 0 saturated carbocycles. The van der Waals surface area contributed by atoms with Crippen LogP contribution in [0.5, 0.6) is 0 Å². The van der Waals surface area contributed by atoms with Gasteiger partial charge in [-0.1, -0.05) is 24.3 Å². The third-order valence-corrected chi connectivity index (χ3v) is 4.19. The van der Waals surface area contributed by atoms with Gasteiger partial charge in [-0.15, -0.1) is 0 Å². The number of aliphatic hydroxyl groups excluding tert-OH is 1. The molecule has 0 saturated heterocycles. The van der Waals surface area contributed by atoms with Crippen molar-refractivity contribution < 1.29 is 9.50 Å². The topological polar surface area (TPSA) is 35.5 Å². The van der Waals surface area contributed by atoms with Crippen LogP contribution >= 0.6 is 0 Å². The van der Waals surface area contributed by atoms with E-state index in [9.17, 15) is 9.50 Å². The number of aliphatic hydroxyl groups is 1. The second kappa shape index (κ2) is 6.46. The van der Waals surface area contributed by atoms with Crippen LogP contribution in [-0.4, -0.2) is 25.2 Å². The van der Waals surface area contributed by atoms with Crippen molar-refractivity contribution in [1.82, 2.24) is 5.32 Å². The molecule has 116 valence electrons. The first-order chi connectivity index (χ1) is 10.6. The lowest BCUT2D eigenvalue weighted by Gasteiger charge is -2.14. The Bertz CT molecular complexity index is 642. The lowest BCUT2D eigenvalue weighted by Crippen LogP contribution is -2.21. The van der Waals surface area contributed by atoms with Gasteiger partial charge in [-0.25, -0.2) is 4.39 Å². The van der Waals surface area contributed by atoms with Gasteiger partial charge in [0, 0.05) is 32.4 Å². The summed E-state index contributed by atoms with van der Waals surface area (Å²) in [7, 11) is 2.11. The van der Waals surface area contributed by atoms with E-state index in [2.05, 4.69) is 35.5 Å². The van der Waals surface area contributed by atoms with Crippen LogP contribution in [0.25, 0.3) is 0 Å². The minimum absolute atomic E-state index is 0.285. The Balaban J connectivity index is 1.54. The third-order valence-electron chi connectivity index (χ3n) is 4.19. The van der Waals surface area contributed by atoms with Gasteiger partial charge in [-0.2, -0.15) is 0 Å². The van der Waals surface area contributed by atoms with E-state index in [4.69, 9.17) is 0 Å². The Morgan fingerprint density at radius 3 is 2.77 bits per heavy atom. The van der Waals surface area contributed by atoms with Gasteiger partial charge >= 0.3 is 0 Å². The molecule has 0 fully saturated rings. The zero-order valence-electron chi connectivity index (χ0n) is 12.7. The molecule has 1 aliphatic rings. The van der Waals surface area contributed by atoms with Crippen LogP contribution in [0.4, 0.5) is 10.1 Å². The molecule has 2 aromatic carbocycles. The second-order valence-corrected chi connectivity index (χ2v) is 5.83. The molecule has 0 aliphatic carbocycles. The number of nitrogens with zero attached hydrogens (tertiary/aromatic N) is 1. The van der Waals surface area contributed by atoms with Crippen LogP contribution < -0.4 is 10.2 Å². The number of anilines is 1. The summed E-state index contributed by atoms with van der Waals surface area (Å²) in [5, 5.41) is 13.3. The second-order valence-electron chi connectivity index (χ2n) is 5.83. The van der Waals surface area contributed by atoms with E-state index in [1.165, 1.54) is 28.9 Å². The van der Waals surface area contributed by atoms with Crippen LogP contribution in [0.2, 0.25) is 0 Å². The lowest BCUT2D eigenvalue weighted by molar-refractivity contribution is 0.174. The Kier molecular flexibility index (Phi) is 4.41. The molecule has 0 spiro atoms. The number of hydrogen-bond donors (Lipinski definition) is 2. The Labute approximate surface area is 130 Å². The van der Waals surface area contributed by atoms with Gasteiger partial charge < -0.3 is 15.3 Å². The van der Waals surface area contributed by atoms with Gasteiger partial charge in [-0.3, -0.25) is 0 Å². The Morgan fingerprint density at radius 2 is 2.00 bits per heavy atom. The highest BCUT2D eigenvalue weighted by molar-refractivity contribution is 5.58. The molecule has 4 heteroatoms. The number of rotatable bonds is 5. The summed E-state index contributed by atoms with van der Waals surface area (Å²) in [4.78, 5) is 2.27. The number of likely N-dealkylation sites (N-methyl/N-ethyl adjacent to an activating group) is 1. The van der Waals surface area contributed by atoms with E-state index in [1.54, 1.807) is 12.1 Å². The lowest BCUT2D eigenvalue weighted by atomic mass is 10.1. The summed E-state index contributed by atoms with van der Waals surface area (Å²) in [6, 6.07) is 12.5. The molecule has 3 nitrogen and oxygen atoms in total. The van der Waals surface area contributed by atoms with Crippen LogP contribution in [0, 0.1) is 5.82 Å². The number of fused-ring (bicyclic) bond motifs is 1. The molecule has 1 heterocycles. The van der Waals surface area contributed by atoms with Crippen molar-refractivity contribution >= 4 is 5.69 Å². The van der Waals surface area contributed by atoms with Crippen LogP contribution in [0.15, 0.2) is 42.5 Å². The van der Waals surface area contributed by atoms with Crippen molar-refractivity contribution in [2.75, 3.05) is 25.0 Å². The van der Waals surface area contributed by atoms with Crippen molar-refractivity contribution in [3.63, 3.8) is 0 Å². The predicted molar refractivity (Wildman–Crippen MR) is 86.5 cm³/mol. The third kappa shape index (κ3) is 3.29. The summed E-state index contributed by atoms with van der Waals surface area (Å²) in [6.45, 7) is 2.24. The predicted octanol–water partition coefficient (Wildman–Crippen LogP) is 2.64. The molecule has 1 aliphatic heterocycles. The van der Waals surface area contributed by atoms with E-state index in [0.717, 1.165) is 25.1 Å². The molecule has 1 unspecified atom stereocenters. The fourth-order valence-electron chi connectivity index (χ4n) is 2.89.